The number of primary sulfonamides is 1. The van der Waals surface area contributed by atoms with Gasteiger partial charge < -0.3 is 4.42 Å². The van der Waals surface area contributed by atoms with Crippen molar-refractivity contribution >= 4 is 44.0 Å². The molecule has 3 N–H and O–H groups in total. The molecule has 0 bridgehead atoms. The maximum atomic E-state index is 13.7. The molecule has 1 aromatic heterocycles. The van der Waals surface area contributed by atoms with Gasteiger partial charge >= 0.3 is 0 Å². The second kappa shape index (κ2) is 8.67. The summed E-state index contributed by atoms with van der Waals surface area (Å²) in [6.45, 7) is 0. The monoisotopic (exact) mass is 472 g/mol. The molecule has 0 aliphatic heterocycles. The molecule has 0 radical (unpaired) electrons. The Morgan fingerprint density at radius 1 is 1.03 bits per heavy atom. The summed E-state index contributed by atoms with van der Waals surface area (Å²) >= 11 is -2.68. The standard InChI is InChI=1S/C22H17FN2O5S2/c23-18-9-10-22(32(24,28)29)19(14-18)25(31(26)27)12-11-15-5-7-16(8-6-15)21-13-17-3-1-2-4-20(17)30-21/h1-14H,(H,26,27)(H2,24,28,29). The Kier molecular flexibility index (Phi) is 5.94. The lowest BCUT2D eigenvalue weighted by Gasteiger charge is -2.18. The van der Waals surface area contributed by atoms with Crippen LogP contribution in [0.4, 0.5) is 10.1 Å². The number of nitrogens with zero attached hydrogens (tertiary/aromatic N) is 1. The summed E-state index contributed by atoms with van der Waals surface area (Å²) in [5, 5.41) is 6.14. The van der Waals surface area contributed by atoms with Crippen molar-refractivity contribution in [1.82, 2.24) is 0 Å². The van der Waals surface area contributed by atoms with Gasteiger partial charge in [0, 0.05) is 17.1 Å². The molecule has 1 heterocycles. The van der Waals surface area contributed by atoms with Gasteiger partial charge in [0.15, 0.2) is 0 Å². The van der Waals surface area contributed by atoms with Crippen molar-refractivity contribution in [3.8, 4) is 11.3 Å². The highest BCUT2D eigenvalue weighted by molar-refractivity contribution is 7.89. The van der Waals surface area contributed by atoms with Crippen LogP contribution in [0.3, 0.4) is 0 Å². The minimum absolute atomic E-state index is 0.358. The second-order valence-electron chi connectivity index (χ2n) is 6.80. The first kappa shape index (κ1) is 21.9. The number of furan rings is 1. The van der Waals surface area contributed by atoms with Gasteiger partial charge in [-0.15, -0.1) is 0 Å². The van der Waals surface area contributed by atoms with E-state index in [-0.39, 0.29) is 5.69 Å². The van der Waals surface area contributed by atoms with E-state index in [0.717, 1.165) is 34.7 Å². The highest BCUT2D eigenvalue weighted by Gasteiger charge is 2.21. The van der Waals surface area contributed by atoms with Crippen molar-refractivity contribution in [1.29, 1.82) is 0 Å². The first-order valence-corrected chi connectivity index (χ1v) is 11.8. The van der Waals surface area contributed by atoms with Crippen LogP contribution >= 0.6 is 0 Å². The first-order valence-electron chi connectivity index (χ1n) is 9.22. The Morgan fingerprint density at radius 3 is 2.41 bits per heavy atom. The molecule has 1 atom stereocenters. The molecular weight excluding hydrogens is 455 g/mol. The van der Waals surface area contributed by atoms with E-state index in [0.29, 0.717) is 15.6 Å². The lowest BCUT2D eigenvalue weighted by atomic mass is 10.1. The molecule has 4 rings (SSSR count). The molecule has 7 nitrogen and oxygen atoms in total. The van der Waals surface area contributed by atoms with Crippen LogP contribution in [-0.2, 0) is 21.3 Å². The minimum Gasteiger partial charge on any atom is -0.456 e. The minimum atomic E-state index is -4.26. The maximum absolute atomic E-state index is 13.7. The zero-order chi connectivity index (χ0) is 22.9. The Bertz CT molecular complexity index is 1410. The van der Waals surface area contributed by atoms with Crippen molar-refractivity contribution in [3.63, 3.8) is 0 Å². The number of hydrogen-bond donors (Lipinski definition) is 2. The van der Waals surface area contributed by atoms with E-state index in [1.807, 2.05) is 42.5 Å². The summed E-state index contributed by atoms with van der Waals surface area (Å²) in [7, 11) is -4.26. The molecular formula is C22H17FN2O5S2. The summed E-state index contributed by atoms with van der Waals surface area (Å²) in [6.07, 6.45) is 2.66. The Labute approximate surface area is 186 Å². The Balaban J connectivity index is 1.64. The smallest absolute Gasteiger partial charge is 0.266 e. The summed E-state index contributed by atoms with van der Waals surface area (Å²) in [6, 6.07) is 19.4. The lowest BCUT2D eigenvalue weighted by molar-refractivity contribution is 0.563. The van der Waals surface area contributed by atoms with Crippen LogP contribution in [0.1, 0.15) is 5.56 Å². The topological polar surface area (TPSA) is 114 Å². The molecule has 164 valence electrons. The highest BCUT2D eigenvalue weighted by Crippen LogP contribution is 2.29. The summed E-state index contributed by atoms with van der Waals surface area (Å²) in [5.74, 6) is -0.0937. The van der Waals surface area contributed by atoms with E-state index in [1.54, 1.807) is 12.1 Å². The quantitative estimate of drug-likeness (QED) is 0.401. The van der Waals surface area contributed by atoms with Crippen molar-refractivity contribution in [2.75, 3.05) is 4.31 Å². The van der Waals surface area contributed by atoms with E-state index in [9.17, 15) is 21.6 Å². The normalized spacial score (nSPS) is 13.0. The van der Waals surface area contributed by atoms with Crippen LogP contribution in [0, 0.1) is 5.82 Å². The molecule has 0 amide bonds. The van der Waals surface area contributed by atoms with E-state index < -0.39 is 32.0 Å². The van der Waals surface area contributed by atoms with E-state index in [1.165, 1.54) is 12.3 Å². The predicted octanol–water partition coefficient (Wildman–Crippen LogP) is 4.50. The molecule has 0 fully saturated rings. The number of sulfonamides is 1. The highest BCUT2D eigenvalue weighted by atomic mass is 32.2. The van der Waals surface area contributed by atoms with Crippen LogP contribution < -0.4 is 9.44 Å². The predicted molar refractivity (Wildman–Crippen MR) is 122 cm³/mol. The number of benzene rings is 3. The fraction of sp³-hybridized carbons (Fsp3) is 0. The lowest BCUT2D eigenvalue weighted by Crippen LogP contribution is -2.23. The number of fused-ring (bicyclic) bond motifs is 1. The van der Waals surface area contributed by atoms with Crippen LogP contribution in [0.2, 0.25) is 0 Å². The van der Waals surface area contributed by atoms with Crippen LogP contribution in [0.5, 0.6) is 0 Å². The van der Waals surface area contributed by atoms with Gasteiger partial charge in [0.25, 0.3) is 11.3 Å². The number of para-hydroxylation sites is 1. The molecule has 3 aromatic carbocycles. The van der Waals surface area contributed by atoms with Crippen molar-refractivity contribution in [3.05, 3.63) is 90.4 Å². The van der Waals surface area contributed by atoms with Crippen molar-refractivity contribution < 1.29 is 26.0 Å². The third kappa shape index (κ3) is 4.63. The number of nitrogens with two attached hydrogens (primary N) is 1. The van der Waals surface area contributed by atoms with E-state index in [4.69, 9.17) is 9.56 Å². The molecule has 0 saturated carbocycles. The molecule has 0 spiro atoms. The van der Waals surface area contributed by atoms with Gasteiger partial charge in [-0.3, -0.25) is 4.55 Å². The number of hydrogen-bond acceptors (Lipinski definition) is 4. The summed E-state index contributed by atoms with van der Waals surface area (Å²) in [4.78, 5) is -0.480. The largest absolute Gasteiger partial charge is 0.456 e. The average molecular weight is 473 g/mol. The fourth-order valence-electron chi connectivity index (χ4n) is 3.16. The maximum Gasteiger partial charge on any atom is 0.266 e. The van der Waals surface area contributed by atoms with Gasteiger partial charge in [0.1, 0.15) is 22.1 Å². The number of rotatable bonds is 6. The van der Waals surface area contributed by atoms with Gasteiger partial charge in [-0.1, -0.05) is 42.5 Å². The van der Waals surface area contributed by atoms with E-state index in [2.05, 4.69) is 0 Å². The zero-order valence-electron chi connectivity index (χ0n) is 16.4. The third-order valence-electron chi connectivity index (χ3n) is 4.66. The van der Waals surface area contributed by atoms with Gasteiger partial charge in [0.05, 0.1) is 5.69 Å². The third-order valence-corrected chi connectivity index (χ3v) is 6.27. The van der Waals surface area contributed by atoms with Crippen LogP contribution in [-0.4, -0.2) is 17.2 Å². The van der Waals surface area contributed by atoms with Gasteiger partial charge in [-0.25, -0.2) is 26.5 Å². The van der Waals surface area contributed by atoms with E-state index >= 15 is 0 Å². The SMILES string of the molecule is NS(=O)(=O)c1ccc(F)cc1N(C=Cc1ccc(-c2cc3ccccc3o2)cc1)S(=O)O. The number of anilines is 1. The van der Waals surface area contributed by atoms with Crippen molar-refractivity contribution in [2.24, 2.45) is 5.14 Å². The summed E-state index contributed by atoms with van der Waals surface area (Å²) < 4.78 is 65.4. The second-order valence-corrected chi connectivity index (χ2v) is 9.18. The fourth-order valence-corrected chi connectivity index (χ4v) is 4.40. The van der Waals surface area contributed by atoms with Crippen LogP contribution in [0.15, 0.2) is 88.3 Å². The molecule has 1 unspecified atom stereocenters. The molecule has 0 saturated heterocycles. The number of halogens is 1. The molecule has 0 aliphatic carbocycles. The zero-order valence-corrected chi connectivity index (χ0v) is 18.0. The average Bonchev–Trinajstić information content (AvgIpc) is 3.17. The summed E-state index contributed by atoms with van der Waals surface area (Å²) in [5.41, 5.74) is 1.90. The van der Waals surface area contributed by atoms with Crippen molar-refractivity contribution in [2.45, 2.75) is 4.90 Å². The molecule has 32 heavy (non-hydrogen) atoms. The Hall–Kier alpha value is -3.31. The van der Waals surface area contributed by atoms with Gasteiger partial charge in [-0.05, 0) is 42.0 Å². The molecule has 4 aromatic rings. The van der Waals surface area contributed by atoms with Gasteiger partial charge in [-0.2, -0.15) is 0 Å². The molecule has 10 heteroatoms. The Morgan fingerprint density at radius 2 is 1.75 bits per heavy atom. The van der Waals surface area contributed by atoms with Gasteiger partial charge in [0.2, 0.25) is 10.0 Å². The first-order chi connectivity index (χ1) is 15.2. The van der Waals surface area contributed by atoms with Crippen LogP contribution in [0.25, 0.3) is 28.4 Å². The molecule has 0 aliphatic rings.